The fraction of sp³-hybridized carbons (Fsp3) is 0.857. The molecule has 5 nitrogen and oxygen atoms in total. The maximum Gasteiger partial charge on any atom is 0.311 e. The van der Waals surface area contributed by atoms with Crippen LogP contribution in [0.2, 0.25) is 0 Å². The zero-order valence-corrected chi connectivity index (χ0v) is 12.0. The Hall–Kier alpha value is -1.10. The molecule has 1 fully saturated rings. The van der Waals surface area contributed by atoms with Crippen LogP contribution >= 0.6 is 0 Å². The molecule has 1 N–H and O–H groups in total. The van der Waals surface area contributed by atoms with Gasteiger partial charge in [-0.2, -0.15) is 0 Å². The third-order valence-electron chi connectivity index (χ3n) is 3.70. The summed E-state index contributed by atoms with van der Waals surface area (Å²) in [5.74, 6) is -0.762. The predicted molar refractivity (Wildman–Crippen MR) is 71.9 cm³/mol. The number of carboxylic acid groups (broad SMARTS) is 1. The minimum atomic E-state index is -0.771. The van der Waals surface area contributed by atoms with Gasteiger partial charge in [0.25, 0.3) is 0 Å². The molecule has 0 aromatic carbocycles. The normalized spacial score (nSPS) is 22.7. The van der Waals surface area contributed by atoms with Crippen molar-refractivity contribution >= 4 is 11.9 Å². The first-order valence-corrected chi connectivity index (χ1v) is 7.14. The summed E-state index contributed by atoms with van der Waals surface area (Å²) in [5.41, 5.74) is -0.727. The highest BCUT2D eigenvalue weighted by atomic mass is 16.5. The van der Waals surface area contributed by atoms with Crippen LogP contribution in [0.3, 0.4) is 0 Å². The van der Waals surface area contributed by atoms with Crippen LogP contribution < -0.4 is 0 Å². The van der Waals surface area contributed by atoms with Crippen LogP contribution in [0.15, 0.2) is 0 Å². The summed E-state index contributed by atoms with van der Waals surface area (Å²) in [6, 6.07) is 0. The minimum absolute atomic E-state index is 0.00957. The summed E-state index contributed by atoms with van der Waals surface area (Å²) >= 11 is 0. The summed E-state index contributed by atoms with van der Waals surface area (Å²) in [6.45, 7) is 6.00. The van der Waals surface area contributed by atoms with E-state index in [1.54, 1.807) is 4.90 Å². The second kappa shape index (κ2) is 7.48. The first-order valence-electron chi connectivity index (χ1n) is 7.14. The topological polar surface area (TPSA) is 66.8 Å². The van der Waals surface area contributed by atoms with E-state index in [0.717, 1.165) is 12.8 Å². The second-order valence-electron chi connectivity index (χ2n) is 5.26. The highest BCUT2D eigenvalue weighted by Crippen LogP contribution is 2.35. The van der Waals surface area contributed by atoms with Gasteiger partial charge < -0.3 is 14.7 Å². The molecule has 0 aliphatic carbocycles. The number of hydrogen-bond donors (Lipinski definition) is 1. The van der Waals surface area contributed by atoms with E-state index >= 15 is 0 Å². The van der Waals surface area contributed by atoms with E-state index in [1.807, 2.05) is 13.8 Å². The van der Waals surface area contributed by atoms with Gasteiger partial charge >= 0.3 is 5.97 Å². The molecule has 0 spiro atoms. The van der Waals surface area contributed by atoms with E-state index < -0.39 is 11.4 Å². The number of rotatable bonds is 8. The minimum Gasteiger partial charge on any atom is -0.481 e. The molecule has 0 bridgehead atoms. The van der Waals surface area contributed by atoms with E-state index in [1.165, 1.54) is 0 Å². The molecule has 1 atom stereocenters. The van der Waals surface area contributed by atoms with Crippen LogP contribution in [-0.4, -0.2) is 48.2 Å². The molecular weight excluding hydrogens is 246 g/mol. The number of carbonyl (C=O) groups excluding carboxylic acids is 1. The highest BCUT2D eigenvalue weighted by Gasteiger charge is 2.45. The van der Waals surface area contributed by atoms with Crippen molar-refractivity contribution in [3.05, 3.63) is 0 Å². The SMILES string of the molecule is CCCOCCC(=O)N1CCC(CCC)(C(=O)O)C1. The second-order valence-corrected chi connectivity index (χ2v) is 5.26. The van der Waals surface area contributed by atoms with Crippen molar-refractivity contribution in [2.24, 2.45) is 5.41 Å². The summed E-state index contributed by atoms with van der Waals surface area (Å²) in [7, 11) is 0. The van der Waals surface area contributed by atoms with Crippen LogP contribution in [0.4, 0.5) is 0 Å². The molecule has 1 heterocycles. The van der Waals surface area contributed by atoms with E-state index in [4.69, 9.17) is 4.74 Å². The summed E-state index contributed by atoms with van der Waals surface area (Å²) < 4.78 is 5.30. The Morgan fingerprint density at radius 2 is 2.00 bits per heavy atom. The van der Waals surface area contributed by atoms with E-state index in [-0.39, 0.29) is 5.91 Å². The smallest absolute Gasteiger partial charge is 0.311 e. The van der Waals surface area contributed by atoms with Gasteiger partial charge in [-0.1, -0.05) is 20.3 Å². The van der Waals surface area contributed by atoms with Gasteiger partial charge in [0, 0.05) is 19.7 Å². The van der Waals surface area contributed by atoms with Crippen molar-refractivity contribution < 1.29 is 19.4 Å². The molecule has 1 saturated heterocycles. The Morgan fingerprint density at radius 3 is 2.58 bits per heavy atom. The molecule has 1 rings (SSSR count). The fourth-order valence-electron chi connectivity index (χ4n) is 2.61. The predicted octanol–water partition coefficient (Wildman–Crippen LogP) is 1.91. The van der Waals surface area contributed by atoms with Gasteiger partial charge in [-0.15, -0.1) is 0 Å². The van der Waals surface area contributed by atoms with Gasteiger partial charge in [0.15, 0.2) is 0 Å². The lowest BCUT2D eigenvalue weighted by atomic mass is 9.83. The number of hydrogen-bond acceptors (Lipinski definition) is 3. The number of likely N-dealkylation sites (tertiary alicyclic amines) is 1. The van der Waals surface area contributed by atoms with Crippen LogP contribution in [0.5, 0.6) is 0 Å². The van der Waals surface area contributed by atoms with Gasteiger partial charge in [0.05, 0.1) is 18.4 Å². The first-order chi connectivity index (χ1) is 9.05. The third-order valence-corrected chi connectivity index (χ3v) is 3.70. The molecule has 1 amide bonds. The number of carboxylic acids is 1. The highest BCUT2D eigenvalue weighted by molar-refractivity contribution is 5.80. The van der Waals surface area contributed by atoms with Gasteiger partial charge in [0.1, 0.15) is 0 Å². The fourth-order valence-corrected chi connectivity index (χ4v) is 2.61. The molecule has 5 heteroatoms. The average Bonchev–Trinajstić information content (AvgIpc) is 2.81. The molecule has 19 heavy (non-hydrogen) atoms. The van der Waals surface area contributed by atoms with E-state index in [9.17, 15) is 14.7 Å². The van der Waals surface area contributed by atoms with Crippen molar-refractivity contribution in [1.82, 2.24) is 4.90 Å². The monoisotopic (exact) mass is 271 g/mol. The van der Waals surface area contributed by atoms with E-state index in [2.05, 4.69) is 0 Å². The quantitative estimate of drug-likeness (QED) is 0.685. The number of carbonyl (C=O) groups is 2. The van der Waals surface area contributed by atoms with Gasteiger partial charge in [-0.05, 0) is 19.3 Å². The Labute approximate surface area is 114 Å². The lowest BCUT2D eigenvalue weighted by Gasteiger charge is -2.24. The lowest BCUT2D eigenvalue weighted by Crippen LogP contribution is -2.37. The van der Waals surface area contributed by atoms with E-state index in [0.29, 0.717) is 45.6 Å². The van der Waals surface area contributed by atoms with Crippen LogP contribution in [0, 0.1) is 5.41 Å². The average molecular weight is 271 g/mol. The Balaban J connectivity index is 2.45. The molecule has 1 aliphatic rings. The zero-order valence-electron chi connectivity index (χ0n) is 12.0. The molecule has 0 saturated carbocycles. The van der Waals surface area contributed by atoms with Crippen molar-refractivity contribution in [3.8, 4) is 0 Å². The third kappa shape index (κ3) is 4.20. The molecule has 110 valence electrons. The van der Waals surface area contributed by atoms with Gasteiger partial charge in [-0.25, -0.2) is 0 Å². The number of ether oxygens (including phenoxy) is 1. The zero-order chi connectivity index (χ0) is 14.3. The Morgan fingerprint density at radius 1 is 1.26 bits per heavy atom. The summed E-state index contributed by atoms with van der Waals surface area (Å²) in [5, 5.41) is 9.38. The lowest BCUT2D eigenvalue weighted by molar-refractivity contribution is -0.149. The molecular formula is C14H25NO4. The van der Waals surface area contributed by atoms with Crippen molar-refractivity contribution in [2.45, 2.75) is 46.0 Å². The largest absolute Gasteiger partial charge is 0.481 e. The molecule has 1 unspecified atom stereocenters. The standard InChI is InChI=1S/C14H25NO4/c1-3-6-14(13(17)18)7-8-15(11-14)12(16)5-10-19-9-4-2/h3-11H2,1-2H3,(H,17,18). The van der Waals surface area contributed by atoms with Crippen LogP contribution in [-0.2, 0) is 14.3 Å². The molecule has 1 aliphatic heterocycles. The Bertz CT molecular complexity index is 319. The first kappa shape index (κ1) is 16.0. The molecule has 0 aromatic heterocycles. The van der Waals surface area contributed by atoms with Gasteiger partial charge in [-0.3, -0.25) is 9.59 Å². The molecule has 0 aromatic rings. The number of aliphatic carboxylic acids is 1. The summed E-state index contributed by atoms with van der Waals surface area (Å²) in [4.78, 5) is 25.1. The Kier molecular flexibility index (Phi) is 6.28. The van der Waals surface area contributed by atoms with Gasteiger partial charge in [0.2, 0.25) is 5.91 Å². The van der Waals surface area contributed by atoms with Crippen molar-refractivity contribution in [2.75, 3.05) is 26.3 Å². The van der Waals surface area contributed by atoms with Crippen molar-refractivity contribution in [3.63, 3.8) is 0 Å². The maximum atomic E-state index is 12.0. The molecule has 0 radical (unpaired) electrons. The van der Waals surface area contributed by atoms with Crippen LogP contribution in [0.25, 0.3) is 0 Å². The van der Waals surface area contributed by atoms with Crippen LogP contribution in [0.1, 0.15) is 46.0 Å². The summed E-state index contributed by atoms with van der Waals surface area (Å²) in [6.07, 6.45) is 3.32. The number of nitrogens with zero attached hydrogens (tertiary/aromatic N) is 1. The van der Waals surface area contributed by atoms with Crippen molar-refractivity contribution in [1.29, 1.82) is 0 Å². The number of amides is 1. The maximum absolute atomic E-state index is 12.0.